The van der Waals surface area contributed by atoms with E-state index in [0.717, 1.165) is 38.1 Å². The third-order valence-corrected chi connectivity index (χ3v) is 4.85. The summed E-state index contributed by atoms with van der Waals surface area (Å²) in [5.41, 5.74) is 2.54. The third kappa shape index (κ3) is 4.06. The van der Waals surface area contributed by atoms with Gasteiger partial charge in [-0.1, -0.05) is 19.1 Å². The summed E-state index contributed by atoms with van der Waals surface area (Å²) in [4.78, 5) is 6.70. The minimum absolute atomic E-state index is 0.395. The highest BCUT2D eigenvalue weighted by molar-refractivity contribution is 5.51. The lowest BCUT2D eigenvalue weighted by Gasteiger charge is -2.36. The molecule has 128 valence electrons. The molecule has 0 spiro atoms. The van der Waals surface area contributed by atoms with E-state index in [1.54, 1.807) is 7.11 Å². The van der Waals surface area contributed by atoms with E-state index in [1.165, 1.54) is 11.3 Å². The van der Waals surface area contributed by atoms with Crippen LogP contribution in [0.3, 0.4) is 0 Å². The van der Waals surface area contributed by atoms with Gasteiger partial charge in [-0.2, -0.15) is 0 Å². The van der Waals surface area contributed by atoms with Crippen molar-refractivity contribution in [3.05, 3.63) is 54.4 Å². The van der Waals surface area contributed by atoms with E-state index in [9.17, 15) is 0 Å². The Morgan fingerprint density at radius 2 is 2.08 bits per heavy atom. The van der Waals surface area contributed by atoms with Crippen molar-refractivity contribution < 1.29 is 4.74 Å². The Balaban J connectivity index is 1.56. The summed E-state index contributed by atoms with van der Waals surface area (Å²) in [6.45, 7) is 4.39. The molecule has 1 N–H and O–H groups in total. The Hall–Kier alpha value is -2.07. The van der Waals surface area contributed by atoms with Gasteiger partial charge < -0.3 is 15.0 Å². The molecule has 1 aromatic carbocycles. The predicted octanol–water partition coefficient (Wildman–Crippen LogP) is 3.80. The smallest absolute Gasteiger partial charge is 0.120 e. The minimum Gasteiger partial charge on any atom is -0.497 e. The van der Waals surface area contributed by atoms with Gasteiger partial charge in [0.05, 0.1) is 7.11 Å². The van der Waals surface area contributed by atoms with Crippen molar-refractivity contribution in [2.24, 2.45) is 0 Å². The van der Waals surface area contributed by atoms with Gasteiger partial charge in [0.1, 0.15) is 5.75 Å². The molecule has 2 heterocycles. The summed E-state index contributed by atoms with van der Waals surface area (Å²) in [5, 5.41) is 3.83. The van der Waals surface area contributed by atoms with Crippen LogP contribution in [0.2, 0.25) is 0 Å². The van der Waals surface area contributed by atoms with Crippen LogP contribution >= 0.6 is 0 Å². The first-order valence-electron chi connectivity index (χ1n) is 8.85. The molecule has 1 fully saturated rings. The molecule has 1 saturated heterocycles. The molecule has 0 amide bonds. The summed E-state index contributed by atoms with van der Waals surface area (Å²) in [6, 6.07) is 13.5. The van der Waals surface area contributed by atoms with Gasteiger partial charge in [0, 0.05) is 49.3 Å². The quantitative estimate of drug-likeness (QED) is 0.876. The molecular weight excluding hydrogens is 298 g/mol. The number of hydrogen-bond donors (Lipinski definition) is 1. The predicted molar refractivity (Wildman–Crippen MR) is 98.6 cm³/mol. The lowest BCUT2D eigenvalue weighted by Crippen LogP contribution is -2.43. The van der Waals surface area contributed by atoms with E-state index < -0.39 is 0 Å². The van der Waals surface area contributed by atoms with Crippen LogP contribution in [-0.2, 0) is 0 Å². The molecule has 1 atom stereocenters. The fourth-order valence-electron chi connectivity index (χ4n) is 3.43. The zero-order valence-corrected chi connectivity index (χ0v) is 14.6. The molecule has 0 bridgehead atoms. The van der Waals surface area contributed by atoms with Gasteiger partial charge in [-0.25, -0.2) is 0 Å². The molecule has 1 aliphatic rings. The van der Waals surface area contributed by atoms with E-state index in [0.29, 0.717) is 12.1 Å². The third-order valence-electron chi connectivity index (χ3n) is 4.85. The van der Waals surface area contributed by atoms with Crippen LogP contribution in [0.25, 0.3) is 0 Å². The zero-order valence-electron chi connectivity index (χ0n) is 14.6. The minimum atomic E-state index is 0.395. The van der Waals surface area contributed by atoms with Crippen LogP contribution in [0.4, 0.5) is 5.69 Å². The molecule has 0 aliphatic carbocycles. The summed E-state index contributed by atoms with van der Waals surface area (Å²) >= 11 is 0. The molecule has 4 heteroatoms. The molecule has 24 heavy (non-hydrogen) atoms. The first-order valence-corrected chi connectivity index (χ1v) is 8.85. The zero-order chi connectivity index (χ0) is 16.8. The maximum absolute atomic E-state index is 5.34. The molecule has 2 aromatic rings. The van der Waals surface area contributed by atoms with Crippen LogP contribution in [0.1, 0.15) is 37.8 Å². The Kier molecular flexibility index (Phi) is 5.70. The van der Waals surface area contributed by atoms with E-state index >= 15 is 0 Å². The van der Waals surface area contributed by atoms with Gasteiger partial charge in [-0.15, -0.1) is 0 Å². The second-order valence-electron chi connectivity index (χ2n) is 6.38. The Morgan fingerprint density at radius 3 is 2.75 bits per heavy atom. The van der Waals surface area contributed by atoms with Crippen molar-refractivity contribution in [3.8, 4) is 5.75 Å². The number of aromatic nitrogens is 1. The molecule has 1 aromatic heterocycles. The van der Waals surface area contributed by atoms with E-state index in [1.807, 2.05) is 24.5 Å². The molecule has 3 rings (SSSR count). The molecule has 4 nitrogen and oxygen atoms in total. The highest BCUT2D eigenvalue weighted by atomic mass is 16.5. The van der Waals surface area contributed by atoms with Crippen molar-refractivity contribution in [1.29, 1.82) is 0 Å². The number of benzene rings is 1. The fraction of sp³-hybridized carbons (Fsp3) is 0.450. The SMILES string of the molecule is CC[C@@H](NC1CCN(c2cccc(OC)c2)CC1)c1cccnc1. The van der Waals surface area contributed by atoms with Gasteiger partial charge in [0.15, 0.2) is 0 Å². The first-order chi connectivity index (χ1) is 11.8. The number of piperidine rings is 1. The van der Waals surface area contributed by atoms with Crippen LogP contribution < -0.4 is 15.0 Å². The van der Waals surface area contributed by atoms with Gasteiger partial charge in [-0.3, -0.25) is 4.98 Å². The highest BCUT2D eigenvalue weighted by Gasteiger charge is 2.22. The second kappa shape index (κ2) is 8.15. The van der Waals surface area contributed by atoms with Gasteiger partial charge in [0.2, 0.25) is 0 Å². The molecule has 1 aliphatic heterocycles. The Morgan fingerprint density at radius 1 is 1.25 bits per heavy atom. The summed E-state index contributed by atoms with van der Waals surface area (Å²) in [5.74, 6) is 0.926. The molecule has 0 radical (unpaired) electrons. The molecule has 0 saturated carbocycles. The number of nitrogens with one attached hydrogen (secondary N) is 1. The average Bonchev–Trinajstić information content (AvgIpc) is 2.67. The molecule has 0 unspecified atom stereocenters. The van der Waals surface area contributed by atoms with Crippen molar-refractivity contribution in [1.82, 2.24) is 10.3 Å². The van der Waals surface area contributed by atoms with Gasteiger partial charge in [0.25, 0.3) is 0 Å². The van der Waals surface area contributed by atoms with Gasteiger partial charge in [-0.05, 0) is 43.0 Å². The molecular formula is C20H27N3O. The average molecular weight is 325 g/mol. The number of nitrogens with zero attached hydrogens (tertiary/aromatic N) is 2. The van der Waals surface area contributed by atoms with E-state index in [-0.39, 0.29) is 0 Å². The van der Waals surface area contributed by atoms with Crippen LogP contribution in [0.15, 0.2) is 48.8 Å². The fourth-order valence-corrected chi connectivity index (χ4v) is 3.43. The van der Waals surface area contributed by atoms with E-state index in [4.69, 9.17) is 4.74 Å². The summed E-state index contributed by atoms with van der Waals surface area (Å²) in [6.07, 6.45) is 7.22. The summed E-state index contributed by atoms with van der Waals surface area (Å²) < 4.78 is 5.34. The van der Waals surface area contributed by atoms with Crippen LogP contribution in [0.5, 0.6) is 5.75 Å². The van der Waals surface area contributed by atoms with Crippen molar-refractivity contribution in [2.75, 3.05) is 25.1 Å². The number of methoxy groups -OCH3 is 1. The maximum atomic E-state index is 5.34. The number of ether oxygens (including phenoxy) is 1. The standard InChI is InChI=1S/C20H27N3O/c1-3-20(16-6-5-11-21-15-16)22-17-9-12-23(13-10-17)18-7-4-8-19(14-18)24-2/h4-8,11,14-15,17,20,22H,3,9-10,12-13H2,1-2H3/t20-/m1/s1. The number of rotatable bonds is 6. The monoisotopic (exact) mass is 325 g/mol. The summed E-state index contributed by atoms with van der Waals surface area (Å²) in [7, 11) is 1.72. The number of pyridine rings is 1. The highest BCUT2D eigenvalue weighted by Crippen LogP contribution is 2.25. The van der Waals surface area contributed by atoms with E-state index in [2.05, 4.69) is 46.4 Å². The second-order valence-corrected chi connectivity index (χ2v) is 6.38. The first kappa shape index (κ1) is 16.8. The van der Waals surface area contributed by atoms with Crippen LogP contribution in [0, 0.1) is 0 Å². The maximum Gasteiger partial charge on any atom is 0.120 e. The van der Waals surface area contributed by atoms with Crippen molar-refractivity contribution >= 4 is 5.69 Å². The Labute approximate surface area is 144 Å². The topological polar surface area (TPSA) is 37.4 Å². The normalized spacial score (nSPS) is 16.8. The number of anilines is 1. The largest absolute Gasteiger partial charge is 0.497 e. The van der Waals surface area contributed by atoms with Crippen molar-refractivity contribution in [2.45, 2.75) is 38.3 Å². The lowest BCUT2D eigenvalue weighted by atomic mass is 10.00. The van der Waals surface area contributed by atoms with Crippen molar-refractivity contribution in [3.63, 3.8) is 0 Å². The Bertz CT molecular complexity index is 624. The lowest BCUT2D eigenvalue weighted by molar-refractivity contribution is 0.363. The van der Waals surface area contributed by atoms with Gasteiger partial charge >= 0.3 is 0 Å². The van der Waals surface area contributed by atoms with Crippen LogP contribution in [-0.4, -0.2) is 31.2 Å². The number of hydrogen-bond acceptors (Lipinski definition) is 4.